The Morgan fingerprint density at radius 1 is 1.16 bits per heavy atom. The molecular weight excluding hydrogens is 386 g/mol. The molecular formula is C25H31N5O. The Labute approximate surface area is 184 Å². The first-order valence-electron chi connectivity index (χ1n) is 10.7. The number of hydrogen-bond donors (Lipinski definition) is 2. The molecule has 3 N–H and O–H groups in total. The van der Waals surface area contributed by atoms with Gasteiger partial charge in [0.15, 0.2) is 5.84 Å². The van der Waals surface area contributed by atoms with Crippen LogP contribution in [0.4, 0.5) is 5.82 Å². The number of amidine groups is 1. The summed E-state index contributed by atoms with van der Waals surface area (Å²) in [7, 11) is 0. The molecule has 0 aliphatic carbocycles. The molecule has 4 rings (SSSR count). The molecule has 1 aliphatic heterocycles. The fourth-order valence-corrected chi connectivity index (χ4v) is 4.11. The van der Waals surface area contributed by atoms with Crippen molar-refractivity contribution in [2.45, 2.75) is 51.1 Å². The average molecular weight is 418 g/mol. The molecule has 2 heterocycles. The molecule has 0 spiro atoms. The second-order valence-electron chi connectivity index (χ2n) is 9.44. The van der Waals surface area contributed by atoms with E-state index < -0.39 is 0 Å². The number of aromatic nitrogens is 2. The molecule has 1 atom stereocenters. The lowest BCUT2D eigenvalue weighted by molar-refractivity contribution is 0.102. The second-order valence-corrected chi connectivity index (χ2v) is 9.44. The van der Waals surface area contributed by atoms with Crippen molar-refractivity contribution in [3.63, 3.8) is 0 Å². The largest absolute Gasteiger partial charge is 0.393 e. The standard InChI is InChI=1S/C25H31N5O/c1-24(2,19-13-9-6-10-14-19)17-31-29-22(26)20-16-27-30-23(20)28-21(15-25(30,3)4)18-11-7-5-8-12-18/h5-14,16,21,28H,15,17H2,1-4H3,(H2,26,29). The lowest BCUT2D eigenvalue weighted by atomic mass is 9.86. The number of nitrogens with zero attached hydrogens (tertiary/aromatic N) is 3. The number of anilines is 1. The number of fused-ring (bicyclic) bond motifs is 1. The fourth-order valence-electron chi connectivity index (χ4n) is 4.11. The van der Waals surface area contributed by atoms with Gasteiger partial charge in [0, 0.05) is 5.41 Å². The van der Waals surface area contributed by atoms with E-state index in [4.69, 9.17) is 10.6 Å². The molecule has 162 valence electrons. The molecule has 1 unspecified atom stereocenters. The van der Waals surface area contributed by atoms with E-state index in [-0.39, 0.29) is 17.0 Å². The minimum absolute atomic E-state index is 0.157. The Morgan fingerprint density at radius 3 is 2.48 bits per heavy atom. The summed E-state index contributed by atoms with van der Waals surface area (Å²) in [6, 6.07) is 20.9. The molecule has 0 bridgehead atoms. The van der Waals surface area contributed by atoms with Gasteiger partial charge in [0.1, 0.15) is 12.4 Å². The van der Waals surface area contributed by atoms with E-state index in [1.807, 2.05) is 28.9 Å². The molecule has 0 amide bonds. The SMILES string of the molecule is CC(C)(CO/N=C(\N)c1cnn2c1NC(c1ccccc1)CC2(C)C)c1ccccc1. The summed E-state index contributed by atoms with van der Waals surface area (Å²) in [4.78, 5) is 5.69. The molecule has 0 radical (unpaired) electrons. The highest BCUT2D eigenvalue weighted by Crippen LogP contribution is 2.39. The molecule has 2 aromatic carbocycles. The molecule has 31 heavy (non-hydrogen) atoms. The van der Waals surface area contributed by atoms with Crippen LogP contribution in [0, 0.1) is 0 Å². The Morgan fingerprint density at radius 2 is 1.81 bits per heavy atom. The van der Waals surface area contributed by atoms with Gasteiger partial charge in [-0.05, 0) is 31.4 Å². The van der Waals surface area contributed by atoms with Gasteiger partial charge in [-0.1, -0.05) is 79.7 Å². The van der Waals surface area contributed by atoms with E-state index in [9.17, 15) is 0 Å². The molecule has 1 aromatic heterocycles. The minimum Gasteiger partial charge on any atom is -0.393 e. The topological polar surface area (TPSA) is 77.5 Å². The van der Waals surface area contributed by atoms with Crippen molar-refractivity contribution < 1.29 is 4.84 Å². The first-order chi connectivity index (χ1) is 14.8. The van der Waals surface area contributed by atoms with Crippen LogP contribution in [0.2, 0.25) is 0 Å². The molecule has 6 heteroatoms. The lowest BCUT2D eigenvalue weighted by Crippen LogP contribution is -2.38. The normalized spacial score (nSPS) is 18.2. The van der Waals surface area contributed by atoms with Gasteiger partial charge in [-0.3, -0.25) is 0 Å². The average Bonchev–Trinajstić information content (AvgIpc) is 3.20. The van der Waals surface area contributed by atoms with Gasteiger partial charge in [0.05, 0.1) is 23.3 Å². The van der Waals surface area contributed by atoms with Crippen molar-refractivity contribution in [3.8, 4) is 0 Å². The second kappa shape index (κ2) is 8.10. The highest BCUT2D eigenvalue weighted by molar-refractivity contribution is 6.01. The van der Waals surface area contributed by atoms with Crippen molar-refractivity contribution in [2.24, 2.45) is 10.9 Å². The van der Waals surface area contributed by atoms with Crippen molar-refractivity contribution in [3.05, 3.63) is 83.6 Å². The fraction of sp³-hybridized carbons (Fsp3) is 0.360. The first kappa shape index (κ1) is 21.0. The Kier molecular flexibility index (Phi) is 5.48. The van der Waals surface area contributed by atoms with Crippen LogP contribution in [-0.2, 0) is 15.8 Å². The van der Waals surface area contributed by atoms with Crippen LogP contribution in [0.25, 0.3) is 0 Å². The van der Waals surface area contributed by atoms with Gasteiger partial charge in [0.25, 0.3) is 0 Å². The summed E-state index contributed by atoms with van der Waals surface area (Å²) in [5, 5.41) is 12.4. The predicted octanol–water partition coefficient (Wildman–Crippen LogP) is 4.79. The quantitative estimate of drug-likeness (QED) is 0.343. The number of nitrogens with one attached hydrogen (secondary N) is 1. The van der Waals surface area contributed by atoms with Crippen LogP contribution >= 0.6 is 0 Å². The van der Waals surface area contributed by atoms with Crippen molar-refractivity contribution in [1.29, 1.82) is 0 Å². The van der Waals surface area contributed by atoms with Crippen LogP contribution in [0.1, 0.15) is 56.8 Å². The van der Waals surface area contributed by atoms with E-state index in [0.717, 1.165) is 17.8 Å². The van der Waals surface area contributed by atoms with E-state index in [0.29, 0.717) is 12.4 Å². The van der Waals surface area contributed by atoms with E-state index in [1.165, 1.54) is 11.1 Å². The third-order valence-electron chi connectivity index (χ3n) is 5.98. The first-order valence-corrected chi connectivity index (χ1v) is 10.7. The van der Waals surface area contributed by atoms with Crippen LogP contribution in [0.15, 0.2) is 72.0 Å². The highest BCUT2D eigenvalue weighted by atomic mass is 16.6. The Balaban J connectivity index is 1.54. The Bertz CT molecular complexity index is 1050. The summed E-state index contributed by atoms with van der Waals surface area (Å²) in [5.41, 5.74) is 9.19. The van der Waals surface area contributed by atoms with Crippen LogP contribution in [0.3, 0.4) is 0 Å². The molecule has 0 fully saturated rings. The van der Waals surface area contributed by atoms with Gasteiger partial charge < -0.3 is 15.9 Å². The lowest BCUT2D eigenvalue weighted by Gasteiger charge is -2.38. The van der Waals surface area contributed by atoms with Gasteiger partial charge >= 0.3 is 0 Å². The van der Waals surface area contributed by atoms with Crippen LogP contribution < -0.4 is 11.1 Å². The van der Waals surface area contributed by atoms with E-state index in [1.54, 1.807) is 6.20 Å². The Hall–Kier alpha value is -3.28. The van der Waals surface area contributed by atoms with Gasteiger partial charge in [-0.25, -0.2) is 4.68 Å². The van der Waals surface area contributed by atoms with Crippen molar-refractivity contribution >= 4 is 11.7 Å². The molecule has 0 saturated carbocycles. The molecule has 3 aromatic rings. The molecule has 6 nitrogen and oxygen atoms in total. The highest BCUT2D eigenvalue weighted by Gasteiger charge is 2.36. The monoisotopic (exact) mass is 417 g/mol. The maximum absolute atomic E-state index is 6.34. The van der Waals surface area contributed by atoms with E-state index in [2.05, 4.69) is 79.7 Å². The number of benzene rings is 2. The van der Waals surface area contributed by atoms with Crippen LogP contribution in [0.5, 0.6) is 0 Å². The zero-order chi connectivity index (χ0) is 22.1. The van der Waals surface area contributed by atoms with Crippen LogP contribution in [-0.4, -0.2) is 22.2 Å². The van der Waals surface area contributed by atoms with Crippen molar-refractivity contribution in [2.75, 3.05) is 11.9 Å². The van der Waals surface area contributed by atoms with Crippen molar-refractivity contribution in [1.82, 2.24) is 9.78 Å². The summed E-state index contributed by atoms with van der Waals surface area (Å²) >= 11 is 0. The summed E-state index contributed by atoms with van der Waals surface area (Å²) < 4.78 is 2.00. The summed E-state index contributed by atoms with van der Waals surface area (Å²) in [6.07, 6.45) is 2.69. The summed E-state index contributed by atoms with van der Waals surface area (Å²) in [6.45, 7) is 9.06. The molecule has 1 aliphatic rings. The van der Waals surface area contributed by atoms with Gasteiger partial charge in [-0.2, -0.15) is 5.10 Å². The zero-order valence-electron chi connectivity index (χ0n) is 18.7. The molecule has 0 saturated heterocycles. The van der Waals surface area contributed by atoms with Gasteiger partial charge in [0.2, 0.25) is 0 Å². The maximum Gasteiger partial charge on any atom is 0.175 e. The zero-order valence-corrected chi connectivity index (χ0v) is 18.7. The number of nitrogens with two attached hydrogens (primary N) is 1. The number of hydrogen-bond acceptors (Lipinski definition) is 4. The smallest absolute Gasteiger partial charge is 0.175 e. The number of rotatable bonds is 6. The number of oxime groups is 1. The van der Waals surface area contributed by atoms with E-state index >= 15 is 0 Å². The summed E-state index contributed by atoms with van der Waals surface area (Å²) in [5.74, 6) is 1.19. The minimum atomic E-state index is -0.178. The third kappa shape index (κ3) is 4.29. The maximum atomic E-state index is 6.34. The third-order valence-corrected chi connectivity index (χ3v) is 5.98. The predicted molar refractivity (Wildman–Crippen MR) is 125 cm³/mol. The van der Waals surface area contributed by atoms with Gasteiger partial charge in [-0.15, -0.1) is 0 Å².